The molecule has 3 heteroatoms. The summed E-state index contributed by atoms with van der Waals surface area (Å²) in [5.41, 5.74) is 0. The van der Waals surface area contributed by atoms with E-state index in [0.717, 1.165) is 6.42 Å². The Morgan fingerprint density at radius 1 is 1.33 bits per heavy atom. The summed E-state index contributed by atoms with van der Waals surface area (Å²) in [4.78, 5) is 10.8. The fourth-order valence-corrected chi connectivity index (χ4v) is 0.708. The molecule has 0 rings (SSSR count). The van der Waals surface area contributed by atoms with Crippen molar-refractivity contribution in [2.75, 3.05) is 26.9 Å². The van der Waals surface area contributed by atoms with Crippen molar-refractivity contribution in [1.82, 2.24) is 0 Å². The number of methoxy groups -OCH3 is 1. The molecule has 0 spiro atoms. The molecule has 0 amide bonds. The fraction of sp³-hybridized carbons (Fsp3) is 0.889. The summed E-state index contributed by atoms with van der Waals surface area (Å²) >= 11 is 0. The molecule has 0 aliphatic rings. The average molecular weight is 174 g/mol. The third-order valence-electron chi connectivity index (χ3n) is 1.82. The van der Waals surface area contributed by atoms with Crippen molar-refractivity contribution in [2.45, 2.75) is 20.3 Å². The van der Waals surface area contributed by atoms with Gasteiger partial charge in [-0.2, -0.15) is 0 Å². The highest BCUT2D eigenvalue weighted by molar-refractivity contribution is 5.77. The second-order valence-corrected chi connectivity index (χ2v) is 2.91. The van der Waals surface area contributed by atoms with Gasteiger partial charge in [-0.1, -0.05) is 6.92 Å². The third kappa shape index (κ3) is 6.31. The van der Waals surface area contributed by atoms with Gasteiger partial charge in [-0.3, -0.25) is 4.79 Å². The van der Waals surface area contributed by atoms with Crippen LogP contribution in [0.15, 0.2) is 0 Å². The lowest BCUT2D eigenvalue weighted by molar-refractivity contribution is -0.120. The summed E-state index contributed by atoms with van der Waals surface area (Å²) in [5.74, 6) is 0.345. The summed E-state index contributed by atoms with van der Waals surface area (Å²) in [6, 6.07) is 0. The maximum atomic E-state index is 10.8. The summed E-state index contributed by atoms with van der Waals surface area (Å²) in [6.45, 7) is 5.40. The fourth-order valence-electron chi connectivity index (χ4n) is 0.708. The van der Waals surface area contributed by atoms with Crippen LogP contribution in [0.25, 0.3) is 0 Å². The molecule has 0 aromatic heterocycles. The largest absolute Gasteiger partial charge is 0.382 e. The number of Topliss-reactive ketones (excluding diaryl/α,β-unsaturated/α-hetero) is 1. The van der Waals surface area contributed by atoms with Crippen molar-refractivity contribution >= 4 is 5.78 Å². The molecule has 0 heterocycles. The van der Waals surface area contributed by atoms with Crippen LogP contribution in [0.1, 0.15) is 20.3 Å². The molecular formula is C9H18O3. The lowest BCUT2D eigenvalue weighted by atomic mass is 10.1. The Hall–Kier alpha value is -0.410. The van der Waals surface area contributed by atoms with Gasteiger partial charge in [-0.05, 0) is 13.3 Å². The van der Waals surface area contributed by atoms with Gasteiger partial charge >= 0.3 is 0 Å². The number of carbonyl (C=O) groups excluding carboxylic acids is 1. The molecule has 0 aliphatic heterocycles. The highest BCUT2D eigenvalue weighted by Crippen LogP contribution is 2.02. The highest BCUT2D eigenvalue weighted by atomic mass is 16.5. The molecule has 72 valence electrons. The zero-order valence-corrected chi connectivity index (χ0v) is 8.13. The van der Waals surface area contributed by atoms with Gasteiger partial charge in [0.05, 0.1) is 13.2 Å². The first kappa shape index (κ1) is 11.6. The topological polar surface area (TPSA) is 35.5 Å². The number of ether oxygens (including phenoxy) is 2. The molecule has 0 radical (unpaired) electrons. The SMILES string of the molecule is COCCOCCC(C)C(C)=O. The zero-order chi connectivity index (χ0) is 9.40. The average Bonchev–Trinajstić information content (AvgIpc) is 2.03. The smallest absolute Gasteiger partial charge is 0.132 e. The first-order valence-electron chi connectivity index (χ1n) is 4.25. The van der Waals surface area contributed by atoms with Crippen LogP contribution in [0.2, 0.25) is 0 Å². The van der Waals surface area contributed by atoms with E-state index in [2.05, 4.69) is 0 Å². The molecule has 1 atom stereocenters. The van der Waals surface area contributed by atoms with Crippen LogP contribution in [0.4, 0.5) is 0 Å². The molecule has 1 unspecified atom stereocenters. The van der Waals surface area contributed by atoms with E-state index in [1.165, 1.54) is 0 Å². The third-order valence-corrected chi connectivity index (χ3v) is 1.82. The first-order valence-corrected chi connectivity index (χ1v) is 4.25. The molecule has 0 saturated carbocycles. The van der Waals surface area contributed by atoms with Crippen molar-refractivity contribution < 1.29 is 14.3 Å². The van der Waals surface area contributed by atoms with E-state index in [-0.39, 0.29) is 11.7 Å². The van der Waals surface area contributed by atoms with Crippen molar-refractivity contribution in [3.05, 3.63) is 0 Å². The monoisotopic (exact) mass is 174 g/mol. The van der Waals surface area contributed by atoms with E-state index < -0.39 is 0 Å². The number of hydrogen-bond acceptors (Lipinski definition) is 3. The Kier molecular flexibility index (Phi) is 7.00. The summed E-state index contributed by atoms with van der Waals surface area (Å²) < 4.78 is 10.0. The van der Waals surface area contributed by atoms with Crippen molar-refractivity contribution in [1.29, 1.82) is 0 Å². The van der Waals surface area contributed by atoms with Crippen LogP contribution in [0.3, 0.4) is 0 Å². The predicted octanol–water partition coefficient (Wildman–Crippen LogP) is 1.26. The second kappa shape index (κ2) is 7.25. The predicted molar refractivity (Wildman–Crippen MR) is 47.2 cm³/mol. The van der Waals surface area contributed by atoms with Crippen LogP contribution in [-0.4, -0.2) is 32.7 Å². The lowest BCUT2D eigenvalue weighted by Gasteiger charge is -2.07. The zero-order valence-electron chi connectivity index (χ0n) is 8.13. The highest BCUT2D eigenvalue weighted by Gasteiger charge is 2.06. The lowest BCUT2D eigenvalue weighted by Crippen LogP contribution is -2.11. The number of carbonyl (C=O) groups is 1. The normalized spacial score (nSPS) is 12.9. The Morgan fingerprint density at radius 3 is 2.50 bits per heavy atom. The van der Waals surface area contributed by atoms with Gasteiger partial charge in [-0.25, -0.2) is 0 Å². The van der Waals surface area contributed by atoms with Crippen molar-refractivity contribution in [2.24, 2.45) is 5.92 Å². The molecule has 0 bridgehead atoms. The van der Waals surface area contributed by atoms with Gasteiger partial charge in [0.2, 0.25) is 0 Å². The van der Waals surface area contributed by atoms with E-state index in [1.54, 1.807) is 14.0 Å². The van der Waals surface area contributed by atoms with Gasteiger partial charge in [0.1, 0.15) is 5.78 Å². The molecule has 0 aromatic rings. The maximum Gasteiger partial charge on any atom is 0.132 e. The number of ketones is 1. The second-order valence-electron chi connectivity index (χ2n) is 2.91. The van der Waals surface area contributed by atoms with Gasteiger partial charge in [-0.15, -0.1) is 0 Å². The quantitative estimate of drug-likeness (QED) is 0.545. The van der Waals surface area contributed by atoms with Crippen LogP contribution >= 0.6 is 0 Å². The van der Waals surface area contributed by atoms with E-state index in [1.807, 2.05) is 6.92 Å². The molecule has 0 aromatic carbocycles. The Morgan fingerprint density at radius 2 is 2.00 bits per heavy atom. The van der Waals surface area contributed by atoms with Crippen LogP contribution in [0, 0.1) is 5.92 Å². The Labute approximate surface area is 74.0 Å². The van der Waals surface area contributed by atoms with E-state index in [4.69, 9.17) is 9.47 Å². The van der Waals surface area contributed by atoms with Gasteiger partial charge in [0.25, 0.3) is 0 Å². The van der Waals surface area contributed by atoms with Crippen LogP contribution in [-0.2, 0) is 14.3 Å². The molecular weight excluding hydrogens is 156 g/mol. The summed E-state index contributed by atoms with van der Waals surface area (Å²) in [6.07, 6.45) is 0.805. The van der Waals surface area contributed by atoms with Crippen LogP contribution in [0.5, 0.6) is 0 Å². The first-order chi connectivity index (χ1) is 5.68. The molecule has 0 saturated heterocycles. The van der Waals surface area contributed by atoms with Gasteiger partial charge < -0.3 is 9.47 Å². The minimum absolute atomic E-state index is 0.118. The van der Waals surface area contributed by atoms with Crippen molar-refractivity contribution in [3.8, 4) is 0 Å². The van der Waals surface area contributed by atoms with Gasteiger partial charge in [0.15, 0.2) is 0 Å². The Bertz CT molecular complexity index is 123. The summed E-state index contributed by atoms with van der Waals surface area (Å²) in [7, 11) is 1.64. The molecule has 0 N–H and O–H groups in total. The molecule has 3 nitrogen and oxygen atoms in total. The van der Waals surface area contributed by atoms with Gasteiger partial charge in [0, 0.05) is 19.6 Å². The van der Waals surface area contributed by atoms with Crippen molar-refractivity contribution in [3.63, 3.8) is 0 Å². The standard InChI is InChI=1S/C9H18O3/c1-8(9(2)10)4-5-12-7-6-11-3/h8H,4-7H2,1-3H3. The van der Waals surface area contributed by atoms with E-state index in [9.17, 15) is 4.79 Å². The summed E-state index contributed by atoms with van der Waals surface area (Å²) in [5, 5.41) is 0. The molecule has 0 aliphatic carbocycles. The van der Waals surface area contributed by atoms with E-state index in [0.29, 0.717) is 19.8 Å². The number of rotatable bonds is 7. The molecule has 12 heavy (non-hydrogen) atoms. The Balaban J connectivity index is 3.14. The molecule has 0 fully saturated rings. The number of hydrogen-bond donors (Lipinski definition) is 0. The van der Waals surface area contributed by atoms with Crippen LogP contribution < -0.4 is 0 Å². The minimum Gasteiger partial charge on any atom is -0.382 e. The maximum absolute atomic E-state index is 10.8. The minimum atomic E-state index is 0.118. The van der Waals surface area contributed by atoms with E-state index >= 15 is 0 Å².